The maximum absolute atomic E-state index is 12.5. The van der Waals surface area contributed by atoms with Crippen LogP contribution in [0.15, 0.2) is 59.5 Å². The zero-order valence-electron chi connectivity index (χ0n) is 12.9. The summed E-state index contributed by atoms with van der Waals surface area (Å²) in [4.78, 5) is 26.4. The Morgan fingerprint density at radius 1 is 0.957 bits per heavy atom. The molecular formula is C19H17NO2S. The molecule has 2 aromatic carbocycles. The summed E-state index contributed by atoms with van der Waals surface area (Å²) in [5.74, 6) is -0.219. The molecule has 0 N–H and O–H groups in total. The highest BCUT2D eigenvalue weighted by atomic mass is 32.2. The smallest absolute Gasteiger partial charge is 0.268 e. The molecular weight excluding hydrogens is 306 g/mol. The van der Waals surface area contributed by atoms with Gasteiger partial charge in [-0.1, -0.05) is 61.5 Å². The Kier molecular flexibility index (Phi) is 4.63. The lowest BCUT2D eigenvalue weighted by molar-refractivity contribution is -0.123. The summed E-state index contributed by atoms with van der Waals surface area (Å²) >= 11 is 1.00. The fraction of sp³-hybridized carbons (Fsp3) is 0.158. The van der Waals surface area contributed by atoms with Crippen molar-refractivity contribution >= 4 is 29.0 Å². The second kappa shape index (κ2) is 6.84. The number of carbonyl (C=O) groups excluding carboxylic acids is 2. The highest BCUT2D eigenvalue weighted by Gasteiger charge is 2.34. The number of rotatable bonds is 4. The Hall–Kier alpha value is -2.33. The third-order valence-corrected chi connectivity index (χ3v) is 4.65. The maximum Gasteiger partial charge on any atom is 0.293 e. The largest absolute Gasteiger partial charge is 0.293 e. The molecule has 0 atom stereocenters. The number of benzene rings is 2. The van der Waals surface area contributed by atoms with Crippen LogP contribution in [0.25, 0.3) is 6.08 Å². The lowest BCUT2D eigenvalue weighted by atomic mass is 10.1. The monoisotopic (exact) mass is 323 g/mol. The van der Waals surface area contributed by atoms with Crippen molar-refractivity contribution in [3.8, 4) is 0 Å². The fourth-order valence-electron chi connectivity index (χ4n) is 2.40. The highest BCUT2D eigenvalue weighted by molar-refractivity contribution is 8.18. The van der Waals surface area contributed by atoms with Crippen molar-refractivity contribution in [3.05, 3.63) is 76.2 Å². The summed E-state index contributed by atoms with van der Waals surface area (Å²) in [5.41, 5.74) is 3.13. The van der Waals surface area contributed by atoms with Gasteiger partial charge in [0.25, 0.3) is 11.1 Å². The highest BCUT2D eigenvalue weighted by Crippen LogP contribution is 2.33. The van der Waals surface area contributed by atoms with Gasteiger partial charge in [-0.25, -0.2) is 0 Å². The van der Waals surface area contributed by atoms with E-state index in [0.29, 0.717) is 11.4 Å². The van der Waals surface area contributed by atoms with Crippen molar-refractivity contribution in [1.82, 2.24) is 4.90 Å². The Labute approximate surface area is 140 Å². The van der Waals surface area contributed by atoms with E-state index in [1.165, 1.54) is 10.5 Å². The molecule has 1 fully saturated rings. The van der Waals surface area contributed by atoms with E-state index in [9.17, 15) is 9.59 Å². The van der Waals surface area contributed by atoms with E-state index < -0.39 is 0 Å². The summed E-state index contributed by atoms with van der Waals surface area (Å²) in [6.45, 7) is 2.42. The van der Waals surface area contributed by atoms with Gasteiger partial charge in [0.05, 0.1) is 11.4 Å². The summed E-state index contributed by atoms with van der Waals surface area (Å²) in [7, 11) is 0. The summed E-state index contributed by atoms with van der Waals surface area (Å²) in [5, 5.41) is -0.213. The molecule has 1 saturated heterocycles. The quantitative estimate of drug-likeness (QED) is 0.778. The summed E-state index contributed by atoms with van der Waals surface area (Å²) in [6.07, 6.45) is 2.77. The van der Waals surface area contributed by atoms with E-state index in [0.717, 1.165) is 29.3 Å². The van der Waals surface area contributed by atoms with Crippen molar-refractivity contribution in [3.63, 3.8) is 0 Å². The Balaban J connectivity index is 1.78. The van der Waals surface area contributed by atoms with Crippen LogP contribution in [0.5, 0.6) is 0 Å². The van der Waals surface area contributed by atoms with Crippen molar-refractivity contribution < 1.29 is 9.59 Å². The van der Waals surface area contributed by atoms with Crippen LogP contribution in [-0.4, -0.2) is 16.0 Å². The number of amides is 2. The lowest BCUT2D eigenvalue weighted by Crippen LogP contribution is -2.27. The molecule has 0 bridgehead atoms. The van der Waals surface area contributed by atoms with Gasteiger partial charge in [0.1, 0.15) is 0 Å². The Morgan fingerprint density at radius 3 is 2.30 bits per heavy atom. The molecule has 0 aliphatic carbocycles. The first-order chi connectivity index (χ1) is 11.2. The predicted octanol–water partition coefficient (Wildman–Crippen LogP) is 4.49. The van der Waals surface area contributed by atoms with E-state index >= 15 is 0 Å². The third kappa shape index (κ3) is 3.54. The second-order valence-corrected chi connectivity index (χ2v) is 6.34. The SMILES string of the molecule is CCc1ccc(/C=C2\SC(=O)N(Cc3ccccc3)C2=O)cc1. The third-order valence-electron chi connectivity index (χ3n) is 3.74. The molecule has 4 heteroatoms. The molecule has 0 aromatic heterocycles. The van der Waals surface area contributed by atoms with Crippen LogP contribution in [0.1, 0.15) is 23.6 Å². The van der Waals surface area contributed by atoms with Gasteiger partial charge in [0.2, 0.25) is 0 Å². The van der Waals surface area contributed by atoms with Crippen LogP contribution in [0.3, 0.4) is 0 Å². The summed E-state index contributed by atoms with van der Waals surface area (Å²) < 4.78 is 0. The van der Waals surface area contributed by atoms with Crippen LogP contribution < -0.4 is 0 Å². The van der Waals surface area contributed by atoms with Gasteiger partial charge in [0, 0.05) is 0 Å². The number of carbonyl (C=O) groups is 2. The molecule has 0 spiro atoms. The minimum Gasteiger partial charge on any atom is -0.268 e. The molecule has 1 heterocycles. The van der Waals surface area contributed by atoms with E-state index in [1.807, 2.05) is 54.6 Å². The maximum atomic E-state index is 12.5. The van der Waals surface area contributed by atoms with Gasteiger partial charge in [-0.15, -0.1) is 0 Å². The standard InChI is InChI=1S/C19H17NO2S/c1-2-14-8-10-15(11-9-14)12-17-18(21)20(19(22)23-17)13-16-6-4-3-5-7-16/h3-12H,2,13H2,1H3/b17-12-. The molecule has 0 saturated carbocycles. The van der Waals surface area contributed by atoms with Crippen LogP contribution in [0.2, 0.25) is 0 Å². The van der Waals surface area contributed by atoms with Gasteiger partial charge < -0.3 is 0 Å². The molecule has 3 rings (SSSR count). The normalized spacial score (nSPS) is 16.4. The molecule has 1 aliphatic heterocycles. The van der Waals surface area contributed by atoms with Gasteiger partial charge in [0.15, 0.2) is 0 Å². The number of imide groups is 1. The van der Waals surface area contributed by atoms with Crippen LogP contribution in [0.4, 0.5) is 4.79 Å². The molecule has 2 amide bonds. The molecule has 3 nitrogen and oxygen atoms in total. The van der Waals surface area contributed by atoms with Crippen molar-refractivity contribution in [1.29, 1.82) is 0 Å². The number of aryl methyl sites for hydroxylation is 1. The molecule has 0 radical (unpaired) electrons. The zero-order valence-corrected chi connectivity index (χ0v) is 13.7. The van der Waals surface area contributed by atoms with Gasteiger partial charge in [-0.3, -0.25) is 14.5 Å². The van der Waals surface area contributed by atoms with Crippen LogP contribution >= 0.6 is 11.8 Å². The predicted molar refractivity (Wildman–Crippen MR) is 93.8 cm³/mol. The number of thioether (sulfide) groups is 1. The molecule has 2 aromatic rings. The zero-order chi connectivity index (χ0) is 16.2. The molecule has 23 heavy (non-hydrogen) atoms. The van der Waals surface area contributed by atoms with Crippen LogP contribution in [0, 0.1) is 0 Å². The Morgan fingerprint density at radius 2 is 1.65 bits per heavy atom. The number of nitrogens with zero attached hydrogens (tertiary/aromatic N) is 1. The summed E-state index contributed by atoms with van der Waals surface area (Å²) in [6, 6.07) is 17.6. The fourth-order valence-corrected chi connectivity index (χ4v) is 3.24. The topological polar surface area (TPSA) is 37.4 Å². The Bertz CT molecular complexity index is 751. The molecule has 116 valence electrons. The first-order valence-electron chi connectivity index (χ1n) is 7.55. The van der Waals surface area contributed by atoms with E-state index in [4.69, 9.17) is 0 Å². The van der Waals surface area contributed by atoms with Gasteiger partial charge in [-0.2, -0.15) is 0 Å². The minimum atomic E-state index is -0.219. The molecule has 0 unspecified atom stereocenters. The van der Waals surface area contributed by atoms with Crippen molar-refractivity contribution in [2.45, 2.75) is 19.9 Å². The van der Waals surface area contributed by atoms with Gasteiger partial charge >= 0.3 is 0 Å². The number of hydrogen-bond acceptors (Lipinski definition) is 3. The lowest BCUT2D eigenvalue weighted by Gasteiger charge is -2.12. The molecule has 1 aliphatic rings. The second-order valence-electron chi connectivity index (χ2n) is 5.35. The number of hydrogen-bond donors (Lipinski definition) is 0. The van der Waals surface area contributed by atoms with Gasteiger partial charge in [-0.05, 0) is 40.9 Å². The average Bonchev–Trinajstić information content (AvgIpc) is 2.84. The minimum absolute atomic E-state index is 0.213. The van der Waals surface area contributed by atoms with Crippen molar-refractivity contribution in [2.75, 3.05) is 0 Å². The van der Waals surface area contributed by atoms with E-state index in [1.54, 1.807) is 6.08 Å². The average molecular weight is 323 g/mol. The van der Waals surface area contributed by atoms with E-state index in [2.05, 4.69) is 6.92 Å². The first kappa shape index (κ1) is 15.6. The first-order valence-corrected chi connectivity index (χ1v) is 8.37. The van der Waals surface area contributed by atoms with E-state index in [-0.39, 0.29) is 11.1 Å². The van der Waals surface area contributed by atoms with Crippen LogP contribution in [-0.2, 0) is 17.8 Å². The van der Waals surface area contributed by atoms with Crippen molar-refractivity contribution in [2.24, 2.45) is 0 Å².